The molecule has 7 heteroatoms. The Morgan fingerprint density at radius 2 is 2.06 bits per heavy atom. The van der Waals surface area contributed by atoms with Crippen LogP contribution >= 0.6 is 11.6 Å². The molecule has 1 aromatic heterocycles. The number of halogens is 1. The Labute approximate surface area is 186 Å². The topological polar surface area (TPSA) is 75.5 Å². The van der Waals surface area contributed by atoms with E-state index in [4.69, 9.17) is 26.4 Å². The first kappa shape index (κ1) is 21.3. The van der Waals surface area contributed by atoms with E-state index in [1.54, 1.807) is 0 Å². The number of nitrogens with zero attached hydrogens (tertiary/aromatic N) is 3. The van der Waals surface area contributed by atoms with E-state index in [0.29, 0.717) is 24.0 Å². The first-order valence-electron chi connectivity index (χ1n) is 10.3. The average molecular weight is 438 g/mol. The van der Waals surface area contributed by atoms with Gasteiger partial charge in [-0.05, 0) is 48.9 Å². The number of benzene rings is 2. The molecule has 1 unspecified atom stereocenters. The van der Waals surface area contributed by atoms with Gasteiger partial charge < -0.3 is 9.84 Å². The van der Waals surface area contributed by atoms with E-state index in [2.05, 4.69) is 9.88 Å². The number of carbonyl (C=O) groups is 1. The lowest BCUT2D eigenvalue weighted by molar-refractivity contribution is -0.138. The molecule has 1 aliphatic rings. The van der Waals surface area contributed by atoms with Gasteiger partial charge in [0.25, 0.3) is 0 Å². The first-order chi connectivity index (χ1) is 15.0. The molecule has 3 aromatic rings. The molecule has 1 atom stereocenters. The van der Waals surface area contributed by atoms with E-state index < -0.39 is 5.97 Å². The normalized spacial score (nSPS) is 14.6. The van der Waals surface area contributed by atoms with Crippen LogP contribution < -0.4 is 4.74 Å². The summed E-state index contributed by atoms with van der Waals surface area (Å²) in [5.74, 6) is 0.682. The van der Waals surface area contributed by atoms with Crippen molar-refractivity contribution in [1.82, 2.24) is 14.9 Å². The van der Waals surface area contributed by atoms with Crippen LogP contribution in [0, 0.1) is 0 Å². The number of rotatable bonds is 7. The minimum atomic E-state index is -0.773. The summed E-state index contributed by atoms with van der Waals surface area (Å²) in [6.45, 7) is 3.88. The molecule has 6 nitrogen and oxygen atoms in total. The molecule has 2 heterocycles. The van der Waals surface area contributed by atoms with Crippen LogP contribution in [-0.2, 0) is 24.4 Å². The van der Waals surface area contributed by atoms with Crippen molar-refractivity contribution in [3.8, 4) is 17.1 Å². The van der Waals surface area contributed by atoms with Crippen molar-refractivity contribution < 1.29 is 14.6 Å². The minimum absolute atomic E-state index is 0.00946. The molecule has 1 aliphatic heterocycles. The Balaban J connectivity index is 1.41. The van der Waals surface area contributed by atoms with Crippen LogP contribution in [0.3, 0.4) is 0 Å². The number of fused-ring (bicyclic) bond motifs is 1. The van der Waals surface area contributed by atoms with Crippen molar-refractivity contribution in [1.29, 1.82) is 0 Å². The number of hydrogen-bond donors (Lipinski definition) is 1. The third-order valence-corrected chi connectivity index (χ3v) is 5.70. The zero-order valence-corrected chi connectivity index (χ0v) is 18.0. The SMILES string of the molecule is CC(CC(=O)O)N1CCc2nc(-c3ccc(OCc4cccc(Cl)c4)cc3)ncc2C1. The van der Waals surface area contributed by atoms with Gasteiger partial charge >= 0.3 is 5.97 Å². The highest BCUT2D eigenvalue weighted by atomic mass is 35.5. The van der Waals surface area contributed by atoms with Gasteiger partial charge in [0.2, 0.25) is 0 Å². The molecule has 160 valence electrons. The van der Waals surface area contributed by atoms with Gasteiger partial charge in [-0.25, -0.2) is 9.97 Å². The van der Waals surface area contributed by atoms with Crippen LogP contribution in [0.4, 0.5) is 0 Å². The summed E-state index contributed by atoms with van der Waals surface area (Å²) in [5, 5.41) is 9.72. The van der Waals surface area contributed by atoms with Crippen molar-refractivity contribution in [2.75, 3.05) is 6.54 Å². The first-order valence-corrected chi connectivity index (χ1v) is 10.6. The van der Waals surface area contributed by atoms with Gasteiger partial charge in [-0.3, -0.25) is 9.69 Å². The molecule has 0 aliphatic carbocycles. The highest BCUT2D eigenvalue weighted by Gasteiger charge is 2.23. The Kier molecular flexibility index (Phi) is 6.49. The lowest BCUT2D eigenvalue weighted by atomic mass is 10.0. The summed E-state index contributed by atoms with van der Waals surface area (Å²) in [4.78, 5) is 22.5. The second-order valence-electron chi connectivity index (χ2n) is 7.78. The van der Waals surface area contributed by atoms with Crippen molar-refractivity contribution in [2.24, 2.45) is 0 Å². The summed E-state index contributed by atoms with van der Waals surface area (Å²) in [6, 6.07) is 15.3. The third-order valence-electron chi connectivity index (χ3n) is 5.46. The second-order valence-corrected chi connectivity index (χ2v) is 8.21. The molecule has 0 saturated carbocycles. The number of aromatic nitrogens is 2. The van der Waals surface area contributed by atoms with Crippen LogP contribution in [0.5, 0.6) is 5.75 Å². The fourth-order valence-corrected chi connectivity index (χ4v) is 3.94. The molecule has 2 aromatic carbocycles. The van der Waals surface area contributed by atoms with Gasteiger partial charge in [0, 0.05) is 47.9 Å². The fourth-order valence-electron chi connectivity index (χ4n) is 3.73. The van der Waals surface area contributed by atoms with Gasteiger partial charge in [0.05, 0.1) is 12.1 Å². The summed E-state index contributed by atoms with van der Waals surface area (Å²) in [6.07, 6.45) is 2.79. The maximum atomic E-state index is 11.0. The Morgan fingerprint density at radius 1 is 1.26 bits per heavy atom. The standard InChI is InChI=1S/C24H24ClN3O3/c1-16(11-23(29)30)28-10-9-22-19(14-28)13-26-24(27-22)18-5-7-21(8-6-18)31-15-17-3-2-4-20(25)12-17/h2-8,12-13,16H,9-11,14-15H2,1H3,(H,29,30). The largest absolute Gasteiger partial charge is 0.489 e. The molecule has 0 bridgehead atoms. The Morgan fingerprint density at radius 3 is 2.81 bits per heavy atom. The second kappa shape index (κ2) is 9.45. The summed E-state index contributed by atoms with van der Waals surface area (Å²) in [5.41, 5.74) is 4.04. The number of ether oxygens (including phenoxy) is 1. The number of carboxylic acids is 1. The maximum Gasteiger partial charge on any atom is 0.304 e. The molecule has 4 rings (SSSR count). The van der Waals surface area contributed by atoms with Gasteiger partial charge in [-0.2, -0.15) is 0 Å². The van der Waals surface area contributed by atoms with Crippen molar-refractivity contribution in [3.05, 3.63) is 76.6 Å². The van der Waals surface area contributed by atoms with Gasteiger partial charge in [0.1, 0.15) is 12.4 Å². The smallest absolute Gasteiger partial charge is 0.304 e. The van der Waals surface area contributed by atoms with Crippen LogP contribution in [0.2, 0.25) is 5.02 Å². The predicted octanol–water partition coefficient (Wildman–Crippen LogP) is 4.60. The molecule has 0 spiro atoms. The molecule has 1 N–H and O–H groups in total. The van der Waals surface area contributed by atoms with E-state index in [0.717, 1.165) is 41.1 Å². The molecule has 0 amide bonds. The summed E-state index contributed by atoms with van der Waals surface area (Å²) in [7, 11) is 0. The molecular formula is C24H24ClN3O3. The third kappa shape index (κ3) is 5.40. The van der Waals surface area contributed by atoms with Gasteiger partial charge in [-0.1, -0.05) is 23.7 Å². The number of carboxylic acid groups (broad SMARTS) is 1. The zero-order chi connectivity index (χ0) is 21.8. The predicted molar refractivity (Wildman–Crippen MR) is 119 cm³/mol. The average Bonchev–Trinajstić information content (AvgIpc) is 2.77. The lowest BCUT2D eigenvalue weighted by Crippen LogP contribution is -2.39. The van der Waals surface area contributed by atoms with Crippen LogP contribution in [-0.4, -0.2) is 38.5 Å². The Bertz CT molecular complexity index is 1070. The van der Waals surface area contributed by atoms with Crippen LogP contribution in [0.25, 0.3) is 11.4 Å². The summed E-state index contributed by atoms with van der Waals surface area (Å²) >= 11 is 6.01. The number of aliphatic carboxylic acids is 1. The highest BCUT2D eigenvalue weighted by Crippen LogP contribution is 2.24. The monoisotopic (exact) mass is 437 g/mol. The minimum Gasteiger partial charge on any atom is -0.489 e. The van der Waals surface area contributed by atoms with Gasteiger partial charge in [-0.15, -0.1) is 0 Å². The van der Waals surface area contributed by atoms with Crippen molar-refractivity contribution in [3.63, 3.8) is 0 Å². The van der Waals surface area contributed by atoms with Crippen molar-refractivity contribution >= 4 is 17.6 Å². The van der Waals surface area contributed by atoms with E-state index in [-0.39, 0.29) is 12.5 Å². The molecule has 31 heavy (non-hydrogen) atoms. The molecule has 0 radical (unpaired) electrons. The van der Waals surface area contributed by atoms with E-state index in [9.17, 15) is 4.79 Å². The highest BCUT2D eigenvalue weighted by molar-refractivity contribution is 6.30. The van der Waals surface area contributed by atoms with E-state index in [1.165, 1.54) is 0 Å². The molecule has 0 fully saturated rings. The lowest BCUT2D eigenvalue weighted by Gasteiger charge is -2.32. The van der Waals surface area contributed by atoms with Gasteiger partial charge in [0.15, 0.2) is 5.82 Å². The maximum absolute atomic E-state index is 11.0. The quantitative estimate of drug-likeness (QED) is 0.582. The van der Waals surface area contributed by atoms with Crippen molar-refractivity contribution in [2.45, 2.75) is 39.0 Å². The fraction of sp³-hybridized carbons (Fsp3) is 0.292. The van der Waals surface area contributed by atoms with Crippen LogP contribution in [0.15, 0.2) is 54.7 Å². The Hall–Kier alpha value is -2.96. The molecular weight excluding hydrogens is 414 g/mol. The molecule has 0 saturated heterocycles. The van der Waals surface area contributed by atoms with Crippen LogP contribution in [0.1, 0.15) is 30.2 Å². The van der Waals surface area contributed by atoms with E-state index in [1.807, 2.05) is 61.7 Å². The zero-order valence-electron chi connectivity index (χ0n) is 17.3. The number of hydrogen-bond acceptors (Lipinski definition) is 5. The summed E-state index contributed by atoms with van der Waals surface area (Å²) < 4.78 is 5.84. The van der Waals surface area contributed by atoms with E-state index >= 15 is 0 Å².